The van der Waals surface area contributed by atoms with Gasteiger partial charge < -0.3 is 5.11 Å². The number of carboxylic acids is 1. The van der Waals surface area contributed by atoms with E-state index < -0.39 is 5.97 Å². The maximum atomic E-state index is 10.9. The van der Waals surface area contributed by atoms with Crippen molar-refractivity contribution in [3.8, 4) is 0 Å². The van der Waals surface area contributed by atoms with Crippen LogP contribution in [0.15, 0.2) is 24.3 Å². The Morgan fingerprint density at radius 2 is 2.29 bits per heavy atom. The molecule has 1 N–H and O–H groups in total. The van der Waals surface area contributed by atoms with Gasteiger partial charge in [-0.1, -0.05) is 26.0 Å². The summed E-state index contributed by atoms with van der Waals surface area (Å²) in [6.07, 6.45) is 1.26. The van der Waals surface area contributed by atoms with Crippen molar-refractivity contribution in [1.82, 2.24) is 4.90 Å². The van der Waals surface area contributed by atoms with E-state index >= 15 is 0 Å². The first-order valence-electron chi connectivity index (χ1n) is 6.14. The molecule has 0 bridgehead atoms. The van der Waals surface area contributed by atoms with Crippen LogP contribution in [0.5, 0.6) is 0 Å². The number of nitrogens with zero attached hydrogens (tertiary/aromatic N) is 1. The zero-order valence-electron chi connectivity index (χ0n) is 10.4. The van der Waals surface area contributed by atoms with Crippen molar-refractivity contribution in [1.29, 1.82) is 0 Å². The summed E-state index contributed by atoms with van der Waals surface area (Å²) < 4.78 is 0. The number of aromatic carboxylic acids is 1. The fourth-order valence-electron chi connectivity index (χ4n) is 2.45. The highest BCUT2D eigenvalue weighted by molar-refractivity contribution is 5.87. The third-order valence-electron chi connectivity index (χ3n) is 3.51. The molecule has 1 aromatic rings. The molecule has 0 amide bonds. The molecule has 1 heterocycles. The number of benzene rings is 1. The van der Waals surface area contributed by atoms with Crippen molar-refractivity contribution in [3.63, 3.8) is 0 Å². The zero-order valence-corrected chi connectivity index (χ0v) is 10.4. The molecule has 3 heteroatoms. The molecule has 1 aliphatic rings. The first-order valence-corrected chi connectivity index (χ1v) is 6.14. The Hall–Kier alpha value is -1.35. The van der Waals surface area contributed by atoms with Gasteiger partial charge in [0.15, 0.2) is 0 Å². The Bertz CT molecular complexity index is 414. The molecule has 1 aliphatic heterocycles. The van der Waals surface area contributed by atoms with Crippen molar-refractivity contribution >= 4 is 5.97 Å². The molecule has 17 heavy (non-hydrogen) atoms. The van der Waals surface area contributed by atoms with Crippen LogP contribution in [0.2, 0.25) is 0 Å². The van der Waals surface area contributed by atoms with Gasteiger partial charge >= 0.3 is 5.97 Å². The van der Waals surface area contributed by atoms with Gasteiger partial charge in [0.1, 0.15) is 0 Å². The van der Waals surface area contributed by atoms with E-state index in [-0.39, 0.29) is 0 Å². The van der Waals surface area contributed by atoms with Gasteiger partial charge in [-0.25, -0.2) is 4.79 Å². The average Bonchev–Trinajstić information content (AvgIpc) is 2.24. The van der Waals surface area contributed by atoms with Crippen molar-refractivity contribution < 1.29 is 9.90 Å². The van der Waals surface area contributed by atoms with Crippen LogP contribution >= 0.6 is 0 Å². The van der Waals surface area contributed by atoms with Crippen LogP contribution < -0.4 is 0 Å². The third-order valence-corrected chi connectivity index (χ3v) is 3.51. The van der Waals surface area contributed by atoms with E-state index in [2.05, 4.69) is 18.7 Å². The van der Waals surface area contributed by atoms with E-state index in [4.69, 9.17) is 5.11 Å². The third kappa shape index (κ3) is 2.67. The van der Waals surface area contributed by atoms with E-state index in [0.29, 0.717) is 17.5 Å². The topological polar surface area (TPSA) is 40.5 Å². The van der Waals surface area contributed by atoms with Crippen LogP contribution in [0.3, 0.4) is 0 Å². The Balaban J connectivity index is 2.04. The summed E-state index contributed by atoms with van der Waals surface area (Å²) in [6, 6.07) is 7.90. The van der Waals surface area contributed by atoms with Crippen LogP contribution in [-0.4, -0.2) is 28.6 Å². The van der Waals surface area contributed by atoms with Crippen LogP contribution in [0.1, 0.15) is 36.2 Å². The van der Waals surface area contributed by atoms with E-state index in [0.717, 1.165) is 18.7 Å². The summed E-state index contributed by atoms with van der Waals surface area (Å²) in [6.45, 7) is 6.47. The highest BCUT2D eigenvalue weighted by atomic mass is 16.4. The first-order chi connectivity index (χ1) is 8.08. The zero-order chi connectivity index (χ0) is 12.4. The van der Waals surface area contributed by atoms with E-state index in [1.165, 1.54) is 6.42 Å². The van der Waals surface area contributed by atoms with Crippen LogP contribution in [0.25, 0.3) is 0 Å². The van der Waals surface area contributed by atoms with Crippen LogP contribution in [-0.2, 0) is 6.54 Å². The van der Waals surface area contributed by atoms with Gasteiger partial charge in [-0.15, -0.1) is 0 Å². The summed E-state index contributed by atoms with van der Waals surface area (Å²) in [4.78, 5) is 13.3. The molecule has 1 unspecified atom stereocenters. The molecule has 0 spiro atoms. The number of carboxylic acid groups (broad SMARTS) is 1. The number of carbonyl (C=O) groups is 1. The van der Waals surface area contributed by atoms with Crippen molar-refractivity contribution in [3.05, 3.63) is 35.4 Å². The fraction of sp³-hybridized carbons (Fsp3) is 0.500. The lowest BCUT2D eigenvalue weighted by molar-refractivity contribution is 0.0481. The Morgan fingerprint density at radius 1 is 1.53 bits per heavy atom. The van der Waals surface area contributed by atoms with E-state index in [1.54, 1.807) is 12.1 Å². The summed E-state index contributed by atoms with van der Waals surface area (Å²) in [5, 5.41) is 8.94. The maximum absolute atomic E-state index is 10.9. The second-order valence-electron chi connectivity index (χ2n) is 5.08. The van der Waals surface area contributed by atoms with Gasteiger partial charge in [-0.05, 0) is 30.0 Å². The number of likely N-dealkylation sites (tertiary alicyclic amines) is 1. The Morgan fingerprint density at radius 3 is 2.82 bits per heavy atom. The first kappa shape index (κ1) is 12.1. The standard InChI is InChI=1S/C14H19NO2/c1-10(2)13-6-7-15(13)9-11-4-3-5-12(8-11)14(16)17/h3-5,8,10,13H,6-7,9H2,1-2H3,(H,16,17). The maximum Gasteiger partial charge on any atom is 0.335 e. The molecule has 3 nitrogen and oxygen atoms in total. The van der Waals surface area contributed by atoms with Gasteiger partial charge in [0.25, 0.3) is 0 Å². The molecule has 1 saturated heterocycles. The largest absolute Gasteiger partial charge is 0.478 e. The summed E-state index contributed by atoms with van der Waals surface area (Å²) in [7, 11) is 0. The van der Waals surface area contributed by atoms with Gasteiger partial charge in [0, 0.05) is 19.1 Å². The van der Waals surface area contributed by atoms with Gasteiger partial charge in [0.05, 0.1) is 5.56 Å². The highest BCUT2D eigenvalue weighted by Gasteiger charge is 2.29. The molecular weight excluding hydrogens is 214 g/mol. The van der Waals surface area contributed by atoms with Crippen LogP contribution in [0.4, 0.5) is 0 Å². The summed E-state index contributed by atoms with van der Waals surface area (Å²) >= 11 is 0. The summed E-state index contributed by atoms with van der Waals surface area (Å²) in [5.74, 6) is -0.178. The van der Waals surface area contributed by atoms with Crippen molar-refractivity contribution in [2.45, 2.75) is 32.9 Å². The minimum atomic E-state index is -0.851. The average molecular weight is 233 g/mol. The SMILES string of the molecule is CC(C)C1CCN1Cc1cccc(C(=O)O)c1. The monoisotopic (exact) mass is 233 g/mol. The normalized spacial score (nSPS) is 20.3. The highest BCUT2D eigenvalue weighted by Crippen LogP contribution is 2.26. The lowest BCUT2D eigenvalue weighted by Gasteiger charge is -2.43. The van der Waals surface area contributed by atoms with Gasteiger partial charge in [-0.3, -0.25) is 4.90 Å². The second kappa shape index (κ2) is 4.88. The minimum Gasteiger partial charge on any atom is -0.478 e. The van der Waals surface area contributed by atoms with Crippen molar-refractivity contribution in [2.75, 3.05) is 6.54 Å². The minimum absolute atomic E-state index is 0.379. The molecular formula is C14H19NO2. The van der Waals surface area contributed by atoms with Gasteiger partial charge in [0.2, 0.25) is 0 Å². The quantitative estimate of drug-likeness (QED) is 0.869. The Labute approximate surface area is 102 Å². The Kier molecular flexibility index (Phi) is 3.48. The number of hydrogen-bond acceptors (Lipinski definition) is 2. The fourth-order valence-corrected chi connectivity index (χ4v) is 2.45. The number of rotatable bonds is 4. The molecule has 1 fully saturated rings. The molecule has 0 aromatic heterocycles. The molecule has 0 radical (unpaired) electrons. The molecule has 1 aromatic carbocycles. The van der Waals surface area contributed by atoms with E-state index in [1.807, 2.05) is 12.1 Å². The lowest BCUT2D eigenvalue weighted by atomic mass is 9.91. The van der Waals surface area contributed by atoms with Crippen molar-refractivity contribution in [2.24, 2.45) is 5.92 Å². The summed E-state index contributed by atoms with van der Waals surface area (Å²) in [5.41, 5.74) is 1.47. The van der Waals surface area contributed by atoms with E-state index in [9.17, 15) is 4.79 Å². The predicted octanol–water partition coefficient (Wildman–Crippen LogP) is 2.62. The predicted molar refractivity (Wildman–Crippen MR) is 67.1 cm³/mol. The molecule has 1 atom stereocenters. The molecule has 0 saturated carbocycles. The lowest BCUT2D eigenvalue weighted by Crippen LogP contribution is -2.49. The molecule has 0 aliphatic carbocycles. The second-order valence-corrected chi connectivity index (χ2v) is 5.08. The van der Waals surface area contributed by atoms with Crippen LogP contribution in [0, 0.1) is 5.92 Å². The molecule has 92 valence electrons. The molecule has 2 rings (SSSR count). The van der Waals surface area contributed by atoms with Gasteiger partial charge in [-0.2, -0.15) is 0 Å². The smallest absolute Gasteiger partial charge is 0.335 e. The number of hydrogen-bond donors (Lipinski definition) is 1.